The summed E-state index contributed by atoms with van der Waals surface area (Å²) in [6, 6.07) is 7.47. The minimum absolute atomic E-state index is 0.0805. The lowest BCUT2D eigenvalue weighted by molar-refractivity contribution is 0.0378. The van der Waals surface area contributed by atoms with E-state index in [-0.39, 0.29) is 17.8 Å². The number of aromatic nitrogens is 1. The predicted octanol–water partition coefficient (Wildman–Crippen LogP) is 5.99. The molecule has 0 amide bonds. The van der Waals surface area contributed by atoms with Gasteiger partial charge in [-0.1, -0.05) is 0 Å². The zero-order valence-electron chi connectivity index (χ0n) is 20.2. The van der Waals surface area contributed by atoms with Crippen LogP contribution in [-0.4, -0.2) is 54.1 Å². The molecule has 1 N–H and O–H groups in total. The van der Waals surface area contributed by atoms with Gasteiger partial charge in [-0.2, -0.15) is 0 Å². The number of aryl methyl sites for hydroxylation is 1. The number of rotatable bonds is 10. The van der Waals surface area contributed by atoms with E-state index >= 15 is 0 Å². The van der Waals surface area contributed by atoms with Crippen molar-refractivity contribution < 1.29 is 27.4 Å². The van der Waals surface area contributed by atoms with Crippen LogP contribution in [0.3, 0.4) is 0 Å². The highest BCUT2D eigenvalue weighted by molar-refractivity contribution is 7.99. The molecular formula is C27H30F4N2O2S. The first-order valence-corrected chi connectivity index (χ1v) is 13.0. The smallest absolute Gasteiger partial charge is 0.194 e. The number of hydrogen-bond acceptors (Lipinski definition) is 5. The zero-order valence-corrected chi connectivity index (χ0v) is 21.0. The average molecular weight is 523 g/mol. The number of pyridine rings is 1. The van der Waals surface area contributed by atoms with Gasteiger partial charge in [-0.05, 0) is 86.5 Å². The molecule has 1 aromatic heterocycles. The molecule has 0 bridgehead atoms. The van der Waals surface area contributed by atoms with Crippen LogP contribution in [0.25, 0.3) is 10.9 Å². The zero-order chi connectivity index (χ0) is 25.7. The molecule has 0 spiro atoms. The quantitative estimate of drug-likeness (QED) is 0.201. The van der Waals surface area contributed by atoms with E-state index in [0.717, 1.165) is 68.4 Å². The van der Waals surface area contributed by atoms with Crippen LogP contribution in [0.15, 0.2) is 41.4 Å². The first kappa shape index (κ1) is 26.7. The van der Waals surface area contributed by atoms with Crippen LogP contribution in [0.4, 0.5) is 17.6 Å². The Morgan fingerprint density at radius 3 is 2.44 bits per heavy atom. The number of halogens is 4. The van der Waals surface area contributed by atoms with Crippen molar-refractivity contribution in [1.82, 2.24) is 9.88 Å². The van der Waals surface area contributed by atoms with Gasteiger partial charge in [-0.25, -0.2) is 17.6 Å². The first-order chi connectivity index (χ1) is 17.3. The van der Waals surface area contributed by atoms with Crippen molar-refractivity contribution in [2.75, 3.05) is 39.1 Å². The lowest BCUT2D eigenvalue weighted by atomic mass is 9.75. The van der Waals surface area contributed by atoms with E-state index in [4.69, 9.17) is 4.74 Å². The summed E-state index contributed by atoms with van der Waals surface area (Å²) in [5, 5.41) is 10.9. The van der Waals surface area contributed by atoms with Gasteiger partial charge in [-0.3, -0.25) is 4.98 Å². The Morgan fingerprint density at radius 2 is 1.78 bits per heavy atom. The lowest BCUT2D eigenvalue weighted by Crippen LogP contribution is -2.42. The highest BCUT2D eigenvalue weighted by atomic mass is 32.2. The number of piperidine rings is 1. The Morgan fingerprint density at radius 1 is 1.06 bits per heavy atom. The van der Waals surface area contributed by atoms with Gasteiger partial charge >= 0.3 is 0 Å². The number of methoxy groups -OCH3 is 1. The van der Waals surface area contributed by atoms with Gasteiger partial charge < -0.3 is 14.7 Å². The van der Waals surface area contributed by atoms with Crippen LogP contribution in [0.5, 0.6) is 5.75 Å². The molecule has 0 radical (unpaired) electrons. The fourth-order valence-corrected chi connectivity index (χ4v) is 5.83. The maximum absolute atomic E-state index is 14.6. The number of fused-ring (bicyclic) bond motifs is 1. The second-order valence-electron chi connectivity index (χ2n) is 9.37. The second-order valence-corrected chi connectivity index (χ2v) is 10.5. The van der Waals surface area contributed by atoms with E-state index < -0.39 is 17.5 Å². The second kappa shape index (κ2) is 11.8. The SMILES string of the molecule is COc1ccc2ncc(F)c(CCCC3(CO)CCN(CCSc4cc(F)c(F)c(F)c4)CC3)c2c1. The predicted molar refractivity (Wildman–Crippen MR) is 133 cm³/mol. The summed E-state index contributed by atoms with van der Waals surface area (Å²) < 4.78 is 59.8. The summed E-state index contributed by atoms with van der Waals surface area (Å²) in [5.74, 6) is -2.86. The van der Waals surface area contributed by atoms with Crippen LogP contribution in [0, 0.1) is 28.7 Å². The largest absolute Gasteiger partial charge is 0.497 e. The van der Waals surface area contributed by atoms with Gasteiger partial charge in [0.15, 0.2) is 17.5 Å². The van der Waals surface area contributed by atoms with Crippen LogP contribution in [-0.2, 0) is 6.42 Å². The number of aliphatic hydroxyl groups excluding tert-OH is 1. The third-order valence-electron chi connectivity index (χ3n) is 7.15. The number of aliphatic hydroxyl groups is 1. The standard InChI is InChI=1S/C27H30F4N2O2S/c1-35-18-4-5-25-21(13-18)20(24(30)16-32-25)3-2-6-27(17-34)7-9-33(10-8-27)11-12-36-19-14-22(28)26(31)23(29)15-19/h4-5,13-16,34H,2-3,6-12,17H2,1H3. The van der Waals surface area contributed by atoms with Gasteiger partial charge in [0.05, 0.1) is 18.8 Å². The molecule has 194 valence electrons. The van der Waals surface area contributed by atoms with E-state index in [2.05, 4.69) is 9.88 Å². The van der Waals surface area contributed by atoms with Crippen LogP contribution < -0.4 is 4.74 Å². The molecule has 0 atom stereocenters. The van der Waals surface area contributed by atoms with E-state index in [1.54, 1.807) is 13.2 Å². The number of benzene rings is 2. The molecule has 0 unspecified atom stereocenters. The van der Waals surface area contributed by atoms with Crippen molar-refractivity contribution in [1.29, 1.82) is 0 Å². The molecule has 1 aliphatic heterocycles. The summed E-state index contributed by atoms with van der Waals surface area (Å²) in [7, 11) is 1.58. The van der Waals surface area contributed by atoms with E-state index in [0.29, 0.717) is 28.4 Å². The van der Waals surface area contributed by atoms with Crippen LogP contribution >= 0.6 is 11.8 Å². The monoisotopic (exact) mass is 522 g/mol. The van der Waals surface area contributed by atoms with E-state index in [1.807, 2.05) is 12.1 Å². The molecule has 0 saturated carbocycles. The molecule has 1 fully saturated rings. The Kier molecular flexibility index (Phi) is 8.74. The topological polar surface area (TPSA) is 45.6 Å². The fraction of sp³-hybridized carbons (Fsp3) is 0.444. The summed E-state index contributed by atoms with van der Waals surface area (Å²) in [5.41, 5.74) is 1.14. The van der Waals surface area contributed by atoms with Gasteiger partial charge in [0, 0.05) is 29.2 Å². The highest BCUT2D eigenvalue weighted by Crippen LogP contribution is 2.37. The van der Waals surface area contributed by atoms with Crippen molar-refractivity contribution in [3.8, 4) is 5.75 Å². The molecule has 2 aromatic carbocycles. The Balaban J connectivity index is 1.29. The first-order valence-electron chi connectivity index (χ1n) is 12.1. The van der Waals surface area contributed by atoms with E-state index in [9.17, 15) is 22.7 Å². The maximum atomic E-state index is 14.6. The lowest BCUT2D eigenvalue weighted by Gasteiger charge is -2.41. The molecule has 2 heterocycles. The third kappa shape index (κ3) is 6.12. The third-order valence-corrected chi connectivity index (χ3v) is 8.11. The molecule has 36 heavy (non-hydrogen) atoms. The number of nitrogens with zero attached hydrogens (tertiary/aromatic N) is 2. The van der Waals surface area contributed by atoms with Gasteiger partial charge in [0.2, 0.25) is 0 Å². The van der Waals surface area contributed by atoms with Crippen molar-refractivity contribution >= 4 is 22.7 Å². The summed E-state index contributed by atoms with van der Waals surface area (Å²) in [6.45, 7) is 2.41. The van der Waals surface area contributed by atoms with Crippen molar-refractivity contribution in [2.24, 2.45) is 5.41 Å². The minimum atomic E-state index is -1.45. The average Bonchev–Trinajstić information content (AvgIpc) is 2.89. The van der Waals surface area contributed by atoms with Crippen molar-refractivity contribution in [2.45, 2.75) is 37.0 Å². The van der Waals surface area contributed by atoms with Crippen molar-refractivity contribution in [3.05, 3.63) is 65.4 Å². The van der Waals surface area contributed by atoms with Gasteiger partial charge in [-0.15, -0.1) is 11.8 Å². The number of hydrogen-bond donors (Lipinski definition) is 1. The van der Waals surface area contributed by atoms with Gasteiger partial charge in [0.25, 0.3) is 0 Å². The fourth-order valence-electron chi connectivity index (χ4n) is 4.87. The number of likely N-dealkylation sites (tertiary alicyclic amines) is 1. The Labute approximate surface area is 212 Å². The Bertz CT molecular complexity index is 1180. The van der Waals surface area contributed by atoms with E-state index in [1.165, 1.54) is 18.0 Å². The summed E-state index contributed by atoms with van der Waals surface area (Å²) in [4.78, 5) is 6.80. The molecule has 1 saturated heterocycles. The van der Waals surface area contributed by atoms with Crippen molar-refractivity contribution in [3.63, 3.8) is 0 Å². The number of ether oxygens (including phenoxy) is 1. The minimum Gasteiger partial charge on any atom is -0.497 e. The van der Waals surface area contributed by atoms with Gasteiger partial charge in [0.1, 0.15) is 11.6 Å². The molecular weight excluding hydrogens is 492 g/mol. The molecule has 9 heteroatoms. The summed E-state index contributed by atoms with van der Waals surface area (Å²) in [6.07, 6.45) is 4.98. The Hall–Kier alpha value is -2.36. The maximum Gasteiger partial charge on any atom is 0.194 e. The highest BCUT2D eigenvalue weighted by Gasteiger charge is 2.33. The molecule has 4 nitrogen and oxygen atoms in total. The van der Waals surface area contributed by atoms with Crippen LogP contribution in [0.2, 0.25) is 0 Å². The molecule has 0 aliphatic carbocycles. The molecule has 4 rings (SSSR count). The molecule has 3 aromatic rings. The molecule has 1 aliphatic rings. The number of thioether (sulfide) groups is 1. The normalized spacial score (nSPS) is 15.9. The summed E-state index contributed by atoms with van der Waals surface area (Å²) >= 11 is 1.29. The van der Waals surface area contributed by atoms with Crippen LogP contribution in [0.1, 0.15) is 31.2 Å².